The Kier molecular flexibility index (Phi) is 3.21. The van der Waals surface area contributed by atoms with E-state index in [1.807, 2.05) is 18.2 Å². The topological polar surface area (TPSA) is 55.3 Å². The molecule has 0 amide bonds. The van der Waals surface area contributed by atoms with Crippen LogP contribution >= 0.6 is 0 Å². The van der Waals surface area contributed by atoms with Crippen LogP contribution in [0.15, 0.2) is 22.6 Å². The van der Waals surface area contributed by atoms with Gasteiger partial charge in [-0.3, -0.25) is 4.90 Å². The van der Waals surface area contributed by atoms with Crippen molar-refractivity contribution in [2.24, 2.45) is 11.3 Å². The maximum absolute atomic E-state index is 5.80. The van der Waals surface area contributed by atoms with Crippen LogP contribution in [0.5, 0.6) is 0 Å². The van der Waals surface area contributed by atoms with Gasteiger partial charge in [-0.25, -0.2) is 4.98 Å². The van der Waals surface area contributed by atoms with Gasteiger partial charge in [-0.05, 0) is 42.5 Å². The van der Waals surface area contributed by atoms with Crippen molar-refractivity contribution in [3.05, 3.63) is 24.1 Å². The standard InChI is InChI=1S/C16H23N3O/c1-16(2,3)11-6-7-19(9-11)10-15-18-13-8-12(17)4-5-14(13)20-15/h4-5,8,11H,6-7,9-10,17H2,1-3H3. The monoisotopic (exact) mass is 273 g/mol. The lowest BCUT2D eigenvalue weighted by Gasteiger charge is -2.26. The van der Waals surface area contributed by atoms with E-state index in [9.17, 15) is 0 Å². The quantitative estimate of drug-likeness (QED) is 0.853. The van der Waals surface area contributed by atoms with E-state index in [2.05, 4.69) is 30.7 Å². The van der Waals surface area contributed by atoms with E-state index in [0.29, 0.717) is 5.41 Å². The average Bonchev–Trinajstić information content (AvgIpc) is 2.94. The van der Waals surface area contributed by atoms with Crippen molar-refractivity contribution in [3.8, 4) is 0 Å². The SMILES string of the molecule is CC(C)(C)C1CCN(Cc2nc3cc(N)ccc3o2)C1. The summed E-state index contributed by atoms with van der Waals surface area (Å²) in [4.78, 5) is 6.97. The maximum atomic E-state index is 5.80. The molecule has 1 atom stereocenters. The Hall–Kier alpha value is -1.55. The van der Waals surface area contributed by atoms with E-state index < -0.39 is 0 Å². The van der Waals surface area contributed by atoms with Gasteiger partial charge in [0.25, 0.3) is 0 Å². The van der Waals surface area contributed by atoms with Crippen LogP contribution in [0, 0.1) is 11.3 Å². The highest BCUT2D eigenvalue weighted by Gasteiger charge is 2.32. The molecule has 0 bridgehead atoms. The van der Waals surface area contributed by atoms with Gasteiger partial charge in [-0.15, -0.1) is 0 Å². The lowest BCUT2D eigenvalue weighted by molar-refractivity contribution is 0.218. The first-order valence-corrected chi connectivity index (χ1v) is 7.29. The van der Waals surface area contributed by atoms with Crippen LogP contribution in [0.4, 0.5) is 5.69 Å². The Balaban J connectivity index is 1.71. The number of anilines is 1. The number of benzene rings is 1. The van der Waals surface area contributed by atoms with Crippen molar-refractivity contribution >= 4 is 16.8 Å². The van der Waals surface area contributed by atoms with Crippen LogP contribution in [-0.4, -0.2) is 23.0 Å². The predicted molar refractivity (Wildman–Crippen MR) is 81.3 cm³/mol. The molecular formula is C16H23N3O. The largest absolute Gasteiger partial charge is 0.439 e. The lowest BCUT2D eigenvalue weighted by Crippen LogP contribution is -2.25. The van der Waals surface area contributed by atoms with Crippen molar-refractivity contribution in [2.45, 2.75) is 33.7 Å². The third kappa shape index (κ3) is 2.66. The second kappa shape index (κ2) is 4.77. The molecule has 1 fully saturated rings. The van der Waals surface area contributed by atoms with E-state index >= 15 is 0 Å². The summed E-state index contributed by atoms with van der Waals surface area (Å²) in [5.74, 6) is 1.54. The Bertz CT molecular complexity index is 612. The number of likely N-dealkylation sites (tertiary alicyclic amines) is 1. The summed E-state index contributed by atoms with van der Waals surface area (Å²) in [5.41, 5.74) is 8.55. The summed E-state index contributed by atoms with van der Waals surface area (Å²) >= 11 is 0. The summed E-state index contributed by atoms with van der Waals surface area (Å²) in [7, 11) is 0. The number of hydrogen-bond acceptors (Lipinski definition) is 4. The van der Waals surface area contributed by atoms with E-state index in [1.54, 1.807) is 0 Å². The highest BCUT2D eigenvalue weighted by atomic mass is 16.3. The molecule has 1 saturated heterocycles. The molecule has 0 aliphatic carbocycles. The van der Waals surface area contributed by atoms with Gasteiger partial charge in [0.15, 0.2) is 5.58 Å². The molecule has 4 heteroatoms. The summed E-state index contributed by atoms with van der Waals surface area (Å²) in [6.07, 6.45) is 1.26. The fourth-order valence-electron chi connectivity index (χ4n) is 2.93. The van der Waals surface area contributed by atoms with Gasteiger partial charge in [0.05, 0.1) is 6.54 Å². The number of hydrogen-bond donors (Lipinski definition) is 1. The van der Waals surface area contributed by atoms with E-state index in [-0.39, 0.29) is 0 Å². The molecule has 2 N–H and O–H groups in total. The van der Waals surface area contributed by atoms with Gasteiger partial charge in [0, 0.05) is 12.2 Å². The molecule has 1 aromatic carbocycles. The number of fused-ring (bicyclic) bond motifs is 1. The number of nitrogens with zero attached hydrogens (tertiary/aromatic N) is 2. The van der Waals surface area contributed by atoms with Gasteiger partial charge in [-0.1, -0.05) is 20.8 Å². The fourth-order valence-corrected chi connectivity index (χ4v) is 2.93. The summed E-state index contributed by atoms with van der Waals surface area (Å²) in [6.45, 7) is 10.0. The third-order valence-electron chi connectivity index (χ3n) is 4.31. The van der Waals surface area contributed by atoms with Gasteiger partial charge in [-0.2, -0.15) is 0 Å². The minimum absolute atomic E-state index is 0.379. The second-order valence-corrected chi connectivity index (χ2v) is 6.92. The van der Waals surface area contributed by atoms with Crippen molar-refractivity contribution in [1.82, 2.24) is 9.88 Å². The molecule has 0 saturated carbocycles. The predicted octanol–water partition coefficient (Wildman–Crippen LogP) is 3.28. The first-order chi connectivity index (χ1) is 9.41. The molecule has 3 rings (SSSR count). The molecular weight excluding hydrogens is 250 g/mol. The Morgan fingerprint density at radius 3 is 2.90 bits per heavy atom. The Morgan fingerprint density at radius 2 is 2.20 bits per heavy atom. The number of aromatic nitrogens is 1. The van der Waals surface area contributed by atoms with Crippen LogP contribution in [-0.2, 0) is 6.54 Å². The van der Waals surface area contributed by atoms with Crippen molar-refractivity contribution in [2.75, 3.05) is 18.8 Å². The van der Waals surface area contributed by atoms with Crippen molar-refractivity contribution < 1.29 is 4.42 Å². The average molecular weight is 273 g/mol. The number of nitrogens with two attached hydrogens (primary N) is 1. The normalized spacial score (nSPS) is 20.9. The van der Waals surface area contributed by atoms with Gasteiger partial charge < -0.3 is 10.2 Å². The smallest absolute Gasteiger partial charge is 0.209 e. The number of nitrogen functional groups attached to an aromatic ring is 1. The van der Waals surface area contributed by atoms with Gasteiger partial charge in [0.2, 0.25) is 5.89 Å². The summed E-state index contributed by atoms with van der Waals surface area (Å²) < 4.78 is 5.80. The molecule has 1 aromatic heterocycles. The van der Waals surface area contributed by atoms with E-state index in [4.69, 9.17) is 10.2 Å². The fraction of sp³-hybridized carbons (Fsp3) is 0.562. The third-order valence-corrected chi connectivity index (χ3v) is 4.31. The van der Waals surface area contributed by atoms with Crippen LogP contribution < -0.4 is 5.73 Å². The van der Waals surface area contributed by atoms with Crippen LogP contribution in [0.1, 0.15) is 33.1 Å². The molecule has 20 heavy (non-hydrogen) atoms. The van der Waals surface area contributed by atoms with E-state index in [1.165, 1.54) is 6.42 Å². The second-order valence-electron chi connectivity index (χ2n) is 6.92. The molecule has 1 aliphatic heterocycles. The maximum Gasteiger partial charge on any atom is 0.209 e. The molecule has 2 aromatic rings. The van der Waals surface area contributed by atoms with Gasteiger partial charge in [0.1, 0.15) is 5.52 Å². The summed E-state index contributed by atoms with van der Waals surface area (Å²) in [6, 6.07) is 5.61. The van der Waals surface area contributed by atoms with Crippen molar-refractivity contribution in [1.29, 1.82) is 0 Å². The first kappa shape index (κ1) is 13.4. The van der Waals surface area contributed by atoms with Crippen molar-refractivity contribution in [3.63, 3.8) is 0 Å². The molecule has 2 heterocycles. The molecule has 1 unspecified atom stereocenters. The molecule has 0 spiro atoms. The number of oxazole rings is 1. The lowest BCUT2D eigenvalue weighted by atomic mass is 9.80. The highest BCUT2D eigenvalue weighted by Crippen LogP contribution is 2.34. The molecule has 4 nitrogen and oxygen atoms in total. The van der Waals surface area contributed by atoms with Crippen LogP contribution in [0.25, 0.3) is 11.1 Å². The molecule has 1 aliphatic rings. The Morgan fingerprint density at radius 1 is 1.40 bits per heavy atom. The van der Waals surface area contributed by atoms with E-state index in [0.717, 1.165) is 48.2 Å². The van der Waals surface area contributed by atoms with Gasteiger partial charge >= 0.3 is 0 Å². The zero-order valence-corrected chi connectivity index (χ0v) is 12.5. The molecule has 108 valence electrons. The zero-order chi connectivity index (χ0) is 14.3. The van der Waals surface area contributed by atoms with Crippen LogP contribution in [0.2, 0.25) is 0 Å². The molecule has 0 radical (unpaired) electrons. The minimum atomic E-state index is 0.379. The minimum Gasteiger partial charge on any atom is -0.439 e. The summed E-state index contributed by atoms with van der Waals surface area (Å²) in [5, 5.41) is 0. The zero-order valence-electron chi connectivity index (χ0n) is 12.5. The Labute approximate surface area is 120 Å². The number of rotatable bonds is 2. The van der Waals surface area contributed by atoms with Crippen LogP contribution in [0.3, 0.4) is 0 Å². The first-order valence-electron chi connectivity index (χ1n) is 7.29. The highest BCUT2D eigenvalue weighted by molar-refractivity contribution is 5.76.